The van der Waals surface area contributed by atoms with Crippen molar-refractivity contribution in [1.82, 2.24) is 0 Å². The third-order valence-corrected chi connectivity index (χ3v) is 12.7. The van der Waals surface area contributed by atoms with Crippen molar-refractivity contribution < 1.29 is 0 Å². The zero-order valence-electron chi connectivity index (χ0n) is 30.5. The van der Waals surface area contributed by atoms with Gasteiger partial charge in [-0.1, -0.05) is 115 Å². The van der Waals surface area contributed by atoms with Crippen LogP contribution in [0.4, 0.5) is 39.8 Å². The number of hydrogen-bond acceptors (Lipinski definition) is 3. The van der Waals surface area contributed by atoms with E-state index in [1.807, 2.05) is 24.3 Å². The van der Waals surface area contributed by atoms with Crippen LogP contribution >= 0.6 is 0 Å². The molecule has 2 aliphatic heterocycles. The molecule has 0 radical (unpaired) electrons. The van der Waals surface area contributed by atoms with E-state index in [0.29, 0.717) is 11.3 Å². The van der Waals surface area contributed by atoms with E-state index < -0.39 is 0 Å². The summed E-state index contributed by atoms with van der Waals surface area (Å²) in [5, 5.41) is 24.8. The molecule has 0 amide bonds. The summed E-state index contributed by atoms with van der Waals surface area (Å²) >= 11 is 0. The van der Waals surface area contributed by atoms with Crippen molar-refractivity contribution in [2.45, 2.75) is 0 Å². The Labute approximate surface area is 328 Å². The van der Waals surface area contributed by atoms with Crippen LogP contribution in [0.2, 0.25) is 0 Å². The summed E-state index contributed by atoms with van der Waals surface area (Å²) in [4.78, 5) is 8.62. The molecular weight excluding hydrogens is 691 g/mol. The number of fused-ring (bicyclic) bond motifs is 6. The highest BCUT2D eigenvalue weighted by molar-refractivity contribution is 7.01. The molecule has 57 heavy (non-hydrogen) atoms. The molecule has 2 heterocycles. The quantitative estimate of drug-likeness (QED) is 0.101. The SMILES string of the molecule is [C-]#[N+]c1ccc(N2c3cccc4c3B(c3cc5ccc6cccc7ccc(c3N4c3ccc(C#N)cc3)c5c67)c3cc4ccc5cccc6ccc(c32)c4c56)cc1. The van der Waals surface area contributed by atoms with Crippen LogP contribution in [0.5, 0.6) is 0 Å². The maximum Gasteiger partial charge on any atom is 0.252 e. The number of nitrogens with zero attached hydrogens (tertiary/aromatic N) is 4. The Morgan fingerprint density at radius 3 is 1.39 bits per heavy atom. The number of hydrogen-bond donors (Lipinski definition) is 0. The fraction of sp³-hybridized carbons (Fsp3) is 0. The highest BCUT2D eigenvalue weighted by Crippen LogP contribution is 2.50. The topological polar surface area (TPSA) is 34.6 Å². The highest BCUT2D eigenvalue weighted by atomic mass is 15.2. The van der Waals surface area contributed by atoms with E-state index in [9.17, 15) is 5.26 Å². The van der Waals surface area contributed by atoms with Crippen LogP contribution in [0.3, 0.4) is 0 Å². The first-order valence-corrected chi connectivity index (χ1v) is 19.3. The molecule has 5 heteroatoms. The average molecular weight is 719 g/mol. The van der Waals surface area contributed by atoms with Crippen molar-refractivity contribution in [2.75, 3.05) is 9.80 Å². The fourth-order valence-electron chi connectivity index (χ4n) is 10.4. The first-order chi connectivity index (χ1) is 28.2. The molecule has 258 valence electrons. The summed E-state index contributed by atoms with van der Waals surface area (Å²) in [6.45, 7) is 7.64. The van der Waals surface area contributed by atoms with E-state index in [1.54, 1.807) is 0 Å². The molecule has 4 nitrogen and oxygen atoms in total. The van der Waals surface area contributed by atoms with Crippen LogP contribution in [0.15, 0.2) is 164 Å². The number of anilines is 6. The van der Waals surface area contributed by atoms with Crippen molar-refractivity contribution in [3.05, 3.63) is 181 Å². The van der Waals surface area contributed by atoms with Crippen LogP contribution in [0.25, 0.3) is 69.5 Å². The Morgan fingerprint density at radius 2 is 0.912 bits per heavy atom. The Balaban J connectivity index is 1.22. The van der Waals surface area contributed by atoms with Gasteiger partial charge in [-0.05, 0) is 119 Å². The normalized spacial score (nSPS) is 13.1. The zero-order valence-corrected chi connectivity index (χ0v) is 30.5. The van der Waals surface area contributed by atoms with Gasteiger partial charge in [-0.3, -0.25) is 0 Å². The molecule has 11 aromatic rings. The molecule has 0 bridgehead atoms. The molecule has 2 aliphatic rings. The monoisotopic (exact) mass is 718 g/mol. The van der Waals surface area contributed by atoms with Gasteiger partial charge in [0.05, 0.1) is 18.2 Å². The summed E-state index contributed by atoms with van der Waals surface area (Å²) in [6, 6.07) is 61.5. The Kier molecular flexibility index (Phi) is 5.82. The summed E-state index contributed by atoms with van der Waals surface area (Å²) in [5.74, 6) is 0. The predicted molar refractivity (Wildman–Crippen MR) is 239 cm³/mol. The number of nitriles is 1. The Bertz CT molecular complexity index is 3350. The van der Waals surface area contributed by atoms with Gasteiger partial charge in [0.15, 0.2) is 5.69 Å². The van der Waals surface area contributed by atoms with Gasteiger partial charge in [-0.2, -0.15) is 5.26 Å². The van der Waals surface area contributed by atoms with E-state index in [4.69, 9.17) is 6.57 Å². The Hall–Kier alpha value is -7.86. The van der Waals surface area contributed by atoms with Gasteiger partial charge < -0.3 is 9.80 Å². The maximum absolute atomic E-state index is 9.82. The lowest BCUT2D eigenvalue weighted by Crippen LogP contribution is -2.61. The van der Waals surface area contributed by atoms with E-state index >= 15 is 0 Å². The van der Waals surface area contributed by atoms with Crippen LogP contribution in [0.1, 0.15) is 5.56 Å². The zero-order chi connectivity index (χ0) is 37.5. The second kappa shape index (κ2) is 10.9. The highest BCUT2D eigenvalue weighted by Gasteiger charge is 2.45. The van der Waals surface area contributed by atoms with Crippen LogP contribution in [-0.2, 0) is 0 Å². The Morgan fingerprint density at radius 1 is 0.474 bits per heavy atom. The standard InChI is InChI=1S/C52H27BN4/c1-55-37-19-23-39(24-20-37)57-45-10-4-9-44-50(45)53(43-28-36-16-14-32-6-3-8-34-18-26-41(52(43)57)49(36)47(32)34)42-27-35-15-13-31-5-2-7-33-17-25-40(48(35)46(31)33)51(42)56(44)38-21-11-30(29-54)12-22-38/h2-28H. The molecule has 0 atom stereocenters. The van der Waals surface area contributed by atoms with Crippen LogP contribution in [-0.4, -0.2) is 6.71 Å². The lowest BCUT2D eigenvalue weighted by molar-refractivity contribution is 1.27. The van der Waals surface area contributed by atoms with Crippen LogP contribution in [0, 0.1) is 17.9 Å². The smallest absolute Gasteiger partial charge is 0.252 e. The molecule has 11 aromatic carbocycles. The summed E-state index contributed by atoms with van der Waals surface area (Å²) < 4.78 is 0. The summed E-state index contributed by atoms with van der Waals surface area (Å²) in [6.07, 6.45) is 0. The second-order valence-corrected chi connectivity index (χ2v) is 15.4. The number of benzene rings is 11. The molecule has 0 aromatic heterocycles. The predicted octanol–water partition coefficient (Wildman–Crippen LogP) is 12.0. The lowest BCUT2D eigenvalue weighted by atomic mass is 9.33. The van der Waals surface area contributed by atoms with Gasteiger partial charge in [-0.15, -0.1) is 0 Å². The van der Waals surface area contributed by atoms with Gasteiger partial charge in [0.25, 0.3) is 6.71 Å². The molecule has 0 spiro atoms. The minimum absolute atomic E-state index is 0.0848. The van der Waals surface area contributed by atoms with E-state index in [0.717, 1.165) is 22.7 Å². The molecule has 13 rings (SSSR count). The molecule has 0 fully saturated rings. The van der Waals surface area contributed by atoms with Gasteiger partial charge in [0.1, 0.15) is 0 Å². The van der Waals surface area contributed by atoms with Gasteiger partial charge in [0.2, 0.25) is 0 Å². The summed E-state index contributed by atoms with van der Waals surface area (Å²) in [5.41, 5.74) is 11.6. The minimum atomic E-state index is -0.0848. The summed E-state index contributed by atoms with van der Waals surface area (Å²) in [7, 11) is 0. The van der Waals surface area contributed by atoms with Gasteiger partial charge in [-0.25, -0.2) is 4.85 Å². The number of rotatable bonds is 2. The van der Waals surface area contributed by atoms with Crippen molar-refractivity contribution >= 4 is 128 Å². The van der Waals surface area contributed by atoms with Crippen molar-refractivity contribution in [2.24, 2.45) is 0 Å². The largest absolute Gasteiger partial charge is 0.311 e. The van der Waals surface area contributed by atoms with E-state index in [1.165, 1.54) is 92.4 Å². The van der Waals surface area contributed by atoms with Crippen LogP contribution < -0.4 is 26.2 Å². The molecule has 0 aliphatic carbocycles. The molecule has 0 saturated carbocycles. The first kappa shape index (κ1) is 30.5. The minimum Gasteiger partial charge on any atom is -0.311 e. The second-order valence-electron chi connectivity index (χ2n) is 15.4. The molecular formula is C52H27BN4. The third-order valence-electron chi connectivity index (χ3n) is 12.7. The molecule has 0 N–H and O–H groups in total. The van der Waals surface area contributed by atoms with E-state index in [-0.39, 0.29) is 6.71 Å². The van der Waals surface area contributed by atoms with Crippen molar-refractivity contribution in [1.29, 1.82) is 5.26 Å². The third kappa shape index (κ3) is 3.90. The molecule has 0 unspecified atom stereocenters. The van der Waals surface area contributed by atoms with Crippen molar-refractivity contribution in [3.8, 4) is 6.07 Å². The average Bonchev–Trinajstić information content (AvgIpc) is 3.27. The van der Waals surface area contributed by atoms with Crippen molar-refractivity contribution in [3.63, 3.8) is 0 Å². The first-order valence-electron chi connectivity index (χ1n) is 19.3. The van der Waals surface area contributed by atoms with E-state index in [2.05, 4.69) is 160 Å². The van der Waals surface area contributed by atoms with Gasteiger partial charge >= 0.3 is 0 Å². The fourth-order valence-corrected chi connectivity index (χ4v) is 10.4. The maximum atomic E-state index is 9.82. The lowest BCUT2D eigenvalue weighted by Gasteiger charge is -2.45. The molecule has 0 saturated heterocycles. The van der Waals surface area contributed by atoms with Gasteiger partial charge in [0, 0.05) is 44.9 Å².